The normalized spacial score (nSPS) is 16.7. The maximum atomic E-state index is 13.9. The van der Waals surface area contributed by atoms with Gasteiger partial charge in [0.05, 0.1) is 11.6 Å². The van der Waals surface area contributed by atoms with E-state index in [0.717, 1.165) is 12.8 Å². The van der Waals surface area contributed by atoms with Crippen LogP contribution in [-0.4, -0.2) is 29.2 Å². The van der Waals surface area contributed by atoms with E-state index in [1.54, 1.807) is 18.2 Å². The van der Waals surface area contributed by atoms with E-state index in [1.165, 1.54) is 12.8 Å². The fourth-order valence-corrected chi connectivity index (χ4v) is 2.87. The minimum absolute atomic E-state index is 0.110. The van der Waals surface area contributed by atoms with Gasteiger partial charge in [0.15, 0.2) is 0 Å². The SMILES string of the molecule is OCCN(Cc1cccc(Cl)c1F)C1CCCC1. The molecule has 0 atom stereocenters. The molecule has 0 saturated heterocycles. The molecule has 1 aliphatic rings. The molecule has 1 aliphatic carbocycles. The molecule has 0 amide bonds. The fraction of sp³-hybridized carbons (Fsp3) is 0.571. The zero-order valence-corrected chi connectivity index (χ0v) is 11.2. The van der Waals surface area contributed by atoms with Gasteiger partial charge in [0.2, 0.25) is 0 Å². The standard InChI is InChI=1S/C14H19ClFNO/c15-13-7-3-4-11(14(13)16)10-17(8-9-18)12-5-1-2-6-12/h3-4,7,12,18H,1-2,5-6,8-10H2. The number of hydrogen-bond donors (Lipinski definition) is 1. The minimum Gasteiger partial charge on any atom is -0.395 e. The molecule has 0 radical (unpaired) electrons. The van der Waals surface area contributed by atoms with Crippen LogP contribution in [0.3, 0.4) is 0 Å². The first kappa shape index (κ1) is 13.8. The predicted octanol–water partition coefficient (Wildman–Crippen LogP) is 3.22. The van der Waals surface area contributed by atoms with E-state index in [-0.39, 0.29) is 17.4 Å². The summed E-state index contributed by atoms with van der Waals surface area (Å²) in [6.07, 6.45) is 4.74. The average Bonchev–Trinajstić information content (AvgIpc) is 2.88. The van der Waals surface area contributed by atoms with Gasteiger partial charge in [0.1, 0.15) is 5.82 Å². The average molecular weight is 272 g/mol. The molecular weight excluding hydrogens is 253 g/mol. The first-order valence-electron chi connectivity index (χ1n) is 6.50. The lowest BCUT2D eigenvalue weighted by atomic mass is 10.1. The summed E-state index contributed by atoms with van der Waals surface area (Å²) >= 11 is 5.79. The Balaban J connectivity index is 2.10. The van der Waals surface area contributed by atoms with Crippen molar-refractivity contribution in [2.24, 2.45) is 0 Å². The molecule has 0 unspecified atom stereocenters. The van der Waals surface area contributed by atoms with Crippen molar-refractivity contribution < 1.29 is 9.50 Å². The van der Waals surface area contributed by atoms with E-state index in [0.29, 0.717) is 24.7 Å². The van der Waals surface area contributed by atoms with Crippen LogP contribution in [0.5, 0.6) is 0 Å². The van der Waals surface area contributed by atoms with Gasteiger partial charge in [-0.15, -0.1) is 0 Å². The lowest BCUT2D eigenvalue weighted by molar-refractivity contribution is 0.143. The Bertz CT molecular complexity index is 393. The lowest BCUT2D eigenvalue weighted by Crippen LogP contribution is -2.35. The van der Waals surface area contributed by atoms with Gasteiger partial charge in [-0.1, -0.05) is 36.6 Å². The van der Waals surface area contributed by atoms with Crippen LogP contribution in [0.15, 0.2) is 18.2 Å². The molecule has 1 saturated carbocycles. The van der Waals surface area contributed by atoms with Crippen molar-refractivity contribution in [3.63, 3.8) is 0 Å². The van der Waals surface area contributed by atoms with Crippen LogP contribution in [-0.2, 0) is 6.54 Å². The third-order valence-corrected chi connectivity index (χ3v) is 3.93. The molecule has 1 aromatic carbocycles. The van der Waals surface area contributed by atoms with E-state index in [2.05, 4.69) is 4.90 Å². The second kappa shape index (κ2) is 6.50. The number of halogens is 2. The van der Waals surface area contributed by atoms with Gasteiger partial charge in [-0.05, 0) is 18.9 Å². The number of benzene rings is 1. The molecule has 1 fully saturated rings. The summed E-state index contributed by atoms with van der Waals surface area (Å²) in [6, 6.07) is 5.56. The second-order valence-electron chi connectivity index (χ2n) is 4.85. The van der Waals surface area contributed by atoms with Crippen LogP contribution >= 0.6 is 11.6 Å². The molecule has 2 nitrogen and oxygen atoms in total. The fourth-order valence-electron chi connectivity index (χ4n) is 2.68. The summed E-state index contributed by atoms with van der Waals surface area (Å²) in [5.74, 6) is -0.333. The molecule has 100 valence electrons. The van der Waals surface area contributed by atoms with Crippen LogP contribution in [0.25, 0.3) is 0 Å². The van der Waals surface area contributed by atoms with Gasteiger partial charge >= 0.3 is 0 Å². The van der Waals surface area contributed by atoms with Crippen LogP contribution in [0.2, 0.25) is 5.02 Å². The first-order valence-corrected chi connectivity index (χ1v) is 6.88. The highest BCUT2D eigenvalue weighted by Gasteiger charge is 2.23. The first-order chi connectivity index (χ1) is 8.72. The second-order valence-corrected chi connectivity index (χ2v) is 5.25. The van der Waals surface area contributed by atoms with Crippen LogP contribution < -0.4 is 0 Å². The molecule has 0 aromatic heterocycles. The van der Waals surface area contributed by atoms with Crippen LogP contribution in [0, 0.1) is 5.82 Å². The molecular formula is C14H19ClFNO. The highest BCUT2D eigenvalue weighted by Crippen LogP contribution is 2.26. The number of aliphatic hydroxyl groups is 1. The topological polar surface area (TPSA) is 23.5 Å². The third kappa shape index (κ3) is 3.22. The van der Waals surface area contributed by atoms with Crippen molar-refractivity contribution in [3.8, 4) is 0 Å². The van der Waals surface area contributed by atoms with Gasteiger partial charge in [-0.3, -0.25) is 4.90 Å². The molecule has 2 rings (SSSR count). The third-order valence-electron chi connectivity index (χ3n) is 3.63. The van der Waals surface area contributed by atoms with Crippen molar-refractivity contribution in [1.29, 1.82) is 0 Å². The Morgan fingerprint density at radius 2 is 2.06 bits per heavy atom. The molecule has 4 heteroatoms. The molecule has 0 heterocycles. The van der Waals surface area contributed by atoms with Gasteiger partial charge in [0.25, 0.3) is 0 Å². The lowest BCUT2D eigenvalue weighted by Gasteiger charge is -2.28. The van der Waals surface area contributed by atoms with Crippen molar-refractivity contribution >= 4 is 11.6 Å². The van der Waals surface area contributed by atoms with Gasteiger partial charge in [-0.25, -0.2) is 4.39 Å². The summed E-state index contributed by atoms with van der Waals surface area (Å²) in [5, 5.41) is 9.31. The molecule has 1 N–H and O–H groups in total. The molecule has 1 aromatic rings. The van der Waals surface area contributed by atoms with Crippen molar-refractivity contribution in [2.45, 2.75) is 38.3 Å². The highest BCUT2D eigenvalue weighted by atomic mass is 35.5. The van der Waals surface area contributed by atoms with E-state index in [9.17, 15) is 4.39 Å². The summed E-state index contributed by atoms with van der Waals surface area (Å²) in [6.45, 7) is 1.23. The molecule has 18 heavy (non-hydrogen) atoms. The number of nitrogens with zero attached hydrogens (tertiary/aromatic N) is 1. The Morgan fingerprint density at radius 3 is 2.72 bits per heavy atom. The molecule has 0 aliphatic heterocycles. The van der Waals surface area contributed by atoms with E-state index in [1.807, 2.05) is 0 Å². The maximum absolute atomic E-state index is 13.9. The summed E-state index contributed by atoms with van der Waals surface area (Å²) in [5.41, 5.74) is 0.614. The number of hydrogen-bond acceptors (Lipinski definition) is 2. The van der Waals surface area contributed by atoms with Crippen LogP contribution in [0.1, 0.15) is 31.2 Å². The van der Waals surface area contributed by atoms with Gasteiger partial charge < -0.3 is 5.11 Å². The Hall–Kier alpha value is -0.640. The van der Waals surface area contributed by atoms with Gasteiger partial charge in [-0.2, -0.15) is 0 Å². The van der Waals surface area contributed by atoms with E-state index < -0.39 is 0 Å². The monoisotopic (exact) mass is 271 g/mol. The maximum Gasteiger partial charge on any atom is 0.146 e. The Kier molecular flexibility index (Phi) is 4.98. The van der Waals surface area contributed by atoms with Gasteiger partial charge in [0, 0.05) is 24.7 Å². The summed E-state index contributed by atoms with van der Waals surface area (Å²) in [7, 11) is 0. The minimum atomic E-state index is -0.333. The quantitative estimate of drug-likeness (QED) is 0.889. The number of aliphatic hydroxyl groups excluding tert-OH is 1. The summed E-state index contributed by atoms with van der Waals surface area (Å²) in [4.78, 5) is 2.17. The zero-order valence-electron chi connectivity index (χ0n) is 10.4. The summed E-state index contributed by atoms with van der Waals surface area (Å²) < 4.78 is 13.9. The van der Waals surface area contributed by atoms with Crippen LogP contribution in [0.4, 0.5) is 4.39 Å². The van der Waals surface area contributed by atoms with E-state index >= 15 is 0 Å². The van der Waals surface area contributed by atoms with Crippen molar-refractivity contribution in [1.82, 2.24) is 4.90 Å². The smallest absolute Gasteiger partial charge is 0.146 e. The Labute approximate surface area is 112 Å². The van der Waals surface area contributed by atoms with E-state index in [4.69, 9.17) is 16.7 Å². The van der Waals surface area contributed by atoms with Crippen molar-refractivity contribution in [3.05, 3.63) is 34.6 Å². The van der Waals surface area contributed by atoms with Crippen molar-refractivity contribution in [2.75, 3.05) is 13.2 Å². The highest BCUT2D eigenvalue weighted by molar-refractivity contribution is 6.30. The molecule has 0 spiro atoms. The number of rotatable bonds is 5. The zero-order chi connectivity index (χ0) is 13.0. The largest absolute Gasteiger partial charge is 0.395 e. The Morgan fingerprint density at radius 1 is 1.33 bits per heavy atom. The molecule has 0 bridgehead atoms. The predicted molar refractivity (Wildman–Crippen MR) is 71.2 cm³/mol.